The summed E-state index contributed by atoms with van der Waals surface area (Å²) in [7, 11) is -3.45. The molecule has 0 bridgehead atoms. The van der Waals surface area contributed by atoms with Crippen molar-refractivity contribution in [2.24, 2.45) is 10.6 Å². The van der Waals surface area contributed by atoms with Crippen molar-refractivity contribution in [3.63, 3.8) is 0 Å². The number of hydrogen-bond donors (Lipinski definition) is 2. The lowest BCUT2D eigenvalue weighted by Gasteiger charge is -2.18. The zero-order valence-corrected chi connectivity index (χ0v) is 6.98. The minimum absolute atomic E-state index is 0.177. The topological polar surface area (TPSA) is 80.4 Å². The van der Waals surface area contributed by atoms with Crippen LogP contribution in [0.4, 0.5) is 0 Å². The second kappa shape index (κ2) is 2.86. The Morgan fingerprint density at radius 2 is 1.90 bits per heavy atom. The van der Waals surface area contributed by atoms with Gasteiger partial charge in [0.1, 0.15) is 0 Å². The smallest absolute Gasteiger partial charge is 0.209 e. The van der Waals surface area contributed by atoms with Gasteiger partial charge in [0.15, 0.2) is 0 Å². The van der Waals surface area contributed by atoms with Crippen LogP contribution in [0.5, 0.6) is 0 Å². The predicted molar refractivity (Wildman–Crippen MR) is 38.8 cm³/mol. The highest BCUT2D eigenvalue weighted by Gasteiger charge is 2.22. The number of rotatable bonds is 3. The van der Waals surface area contributed by atoms with E-state index in [9.17, 15) is 8.42 Å². The molecule has 0 aromatic carbocycles. The first kappa shape index (κ1) is 9.87. The second-order valence-corrected chi connectivity index (χ2v) is 4.74. The Hall–Kier alpha value is -0.130. The van der Waals surface area contributed by atoms with E-state index in [0.29, 0.717) is 0 Å². The molecule has 0 atom stereocenters. The maximum Gasteiger partial charge on any atom is 0.209 e. The lowest BCUT2D eigenvalue weighted by molar-refractivity contribution is 0.179. The second-order valence-electron chi connectivity index (χ2n) is 3.13. The first-order valence-corrected chi connectivity index (χ1v) is 4.60. The predicted octanol–water partition coefficient (Wildman–Crippen LogP) is -0.707. The fourth-order valence-electron chi connectivity index (χ4n) is 0.590. The van der Waals surface area contributed by atoms with Gasteiger partial charge in [-0.3, -0.25) is 0 Å². The van der Waals surface area contributed by atoms with Crippen molar-refractivity contribution < 1.29 is 13.5 Å². The zero-order valence-electron chi connectivity index (χ0n) is 6.16. The Morgan fingerprint density at radius 3 is 2.00 bits per heavy atom. The van der Waals surface area contributed by atoms with Gasteiger partial charge in [-0.2, -0.15) is 0 Å². The molecule has 3 N–H and O–H groups in total. The third-order valence-corrected chi connectivity index (χ3v) is 2.20. The molecule has 0 unspecified atom stereocenters. The third kappa shape index (κ3) is 4.72. The standard InChI is InChI=1S/C5H13NO3S/c1-5(2,3-7)4-10(6,8)9/h7H,3-4H2,1-2H3,(H2,6,8,9). The van der Waals surface area contributed by atoms with Crippen LogP contribution < -0.4 is 5.14 Å². The van der Waals surface area contributed by atoms with Gasteiger partial charge in [-0.05, 0) is 0 Å². The van der Waals surface area contributed by atoms with Gasteiger partial charge in [-0.1, -0.05) is 13.8 Å². The molecular weight excluding hydrogens is 154 g/mol. The van der Waals surface area contributed by atoms with Crippen molar-refractivity contribution in [3.8, 4) is 0 Å². The fourth-order valence-corrected chi connectivity index (χ4v) is 1.77. The summed E-state index contributed by atoms with van der Waals surface area (Å²) in [5.41, 5.74) is -0.631. The van der Waals surface area contributed by atoms with E-state index in [-0.39, 0.29) is 12.4 Å². The maximum absolute atomic E-state index is 10.5. The van der Waals surface area contributed by atoms with E-state index in [0.717, 1.165) is 0 Å². The Bertz CT molecular complexity index is 195. The summed E-state index contributed by atoms with van der Waals surface area (Å²) < 4.78 is 20.9. The first-order valence-electron chi connectivity index (χ1n) is 2.88. The molecule has 0 aliphatic rings. The average Bonchev–Trinajstić information content (AvgIpc) is 1.60. The van der Waals surface area contributed by atoms with Crippen molar-refractivity contribution in [1.29, 1.82) is 0 Å². The Balaban J connectivity index is 4.16. The normalized spacial score (nSPS) is 13.6. The number of sulfonamides is 1. The maximum atomic E-state index is 10.5. The largest absolute Gasteiger partial charge is 0.396 e. The molecule has 4 nitrogen and oxygen atoms in total. The van der Waals surface area contributed by atoms with Crippen LogP contribution in [0.3, 0.4) is 0 Å². The minimum Gasteiger partial charge on any atom is -0.396 e. The molecule has 0 rings (SSSR count). The quantitative estimate of drug-likeness (QED) is 0.583. The lowest BCUT2D eigenvalue weighted by atomic mass is 9.98. The lowest BCUT2D eigenvalue weighted by Crippen LogP contribution is -2.31. The van der Waals surface area contributed by atoms with Gasteiger partial charge in [0.2, 0.25) is 10.0 Å². The summed E-state index contributed by atoms with van der Waals surface area (Å²) in [4.78, 5) is 0. The fraction of sp³-hybridized carbons (Fsp3) is 1.00. The third-order valence-electron chi connectivity index (χ3n) is 1.02. The van der Waals surface area contributed by atoms with Crippen LogP contribution in [0.2, 0.25) is 0 Å². The van der Waals surface area contributed by atoms with E-state index in [1.165, 1.54) is 0 Å². The first-order chi connectivity index (χ1) is 4.27. The van der Waals surface area contributed by atoms with Gasteiger partial charge < -0.3 is 5.11 Å². The van der Waals surface area contributed by atoms with Crippen LogP contribution in [0.15, 0.2) is 0 Å². The van der Waals surface area contributed by atoms with Crippen LogP contribution >= 0.6 is 0 Å². The van der Waals surface area contributed by atoms with Gasteiger partial charge in [0.25, 0.3) is 0 Å². The molecule has 0 saturated carbocycles. The number of primary sulfonamides is 1. The van der Waals surface area contributed by atoms with Crippen molar-refractivity contribution >= 4 is 10.0 Å². The van der Waals surface area contributed by atoms with E-state index in [1.54, 1.807) is 13.8 Å². The molecule has 10 heavy (non-hydrogen) atoms. The molecule has 5 heteroatoms. The van der Waals surface area contributed by atoms with Crippen LogP contribution in [-0.4, -0.2) is 25.9 Å². The Labute approximate surface area is 61.1 Å². The number of hydrogen-bond acceptors (Lipinski definition) is 3. The minimum atomic E-state index is -3.45. The van der Waals surface area contributed by atoms with E-state index >= 15 is 0 Å². The molecular formula is C5H13NO3S. The van der Waals surface area contributed by atoms with Gasteiger partial charge in [0, 0.05) is 12.0 Å². The van der Waals surface area contributed by atoms with Gasteiger partial charge in [0.05, 0.1) is 5.75 Å². The summed E-state index contributed by atoms with van der Waals surface area (Å²) in [6.45, 7) is 3.10. The van der Waals surface area contributed by atoms with Crippen molar-refractivity contribution in [1.82, 2.24) is 0 Å². The van der Waals surface area contributed by atoms with Crippen LogP contribution in [0.1, 0.15) is 13.8 Å². The summed E-state index contributed by atoms with van der Waals surface area (Å²) in [6, 6.07) is 0. The molecule has 0 aliphatic heterocycles. The van der Waals surface area contributed by atoms with Crippen molar-refractivity contribution in [2.75, 3.05) is 12.4 Å². The van der Waals surface area contributed by atoms with Crippen LogP contribution in [0.25, 0.3) is 0 Å². The highest BCUT2D eigenvalue weighted by atomic mass is 32.2. The molecule has 0 saturated heterocycles. The zero-order chi connectivity index (χ0) is 8.41. The Morgan fingerprint density at radius 1 is 1.50 bits per heavy atom. The molecule has 0 spiro atoms. The molecule has 0 radical (unpaired) electrons. The van der Waals surface area contributed by atoms with E-state index in [4.69, 9.17) is 10.2 Å². The summed E-state index contributed by atoms with van der Waals surface area (Å²) in [6.07, 6.45) is 0. The van der Waals surface area contributed by atoms with E-state index < -0.39 is 15.4 Å². The molecule has 0 aliphatic carbocycles. The monoisotopic (exact) mass is 167 g/mol. The van der Waals surface area contributed by atoms with E-state index in [1.807, 2.05) is 0 Å². The molecule has 0 aromatic rings. The average molecular weight is 167 g/mol. The molecule has 0 fully saturated rings. The highest BCUT2D eigenvalue weighted by molar-refractivity contribution is 7.89. The number of aliphatic hydroxyl groups excluding tert-OH is 1. The van der Waals surface area contributed by atoms with Crippen LogP contribution in [0, 0.1) is 5.41 Å². The molecule has 0 amide bonds. The Kier molecular flexibility index (Phi) is 2.82. The highest BCUT2D eigenvalue weighted by Crippen LogP contribution is 2.14. The SMILES string of the molecule is CC(C)(CO)CS(N)(=O)=O. The molecule has 0 aromatic heterocycles. The van der Waals surface area contributed by atoms with Gasteiger partial charge in [-0.25, -0.2) is 13.6 Å². The summed E-state index contributed by atoms with van der Waals surface area (Å²) in [5, 5.41) is 13.4. The number of aliphatic hydroxyl groups is 1. The molecule has 62 valence electrons. The molecule has 0 heterocycles. The summed E-state index contributed by atoms with van der Waals surface area (Å²) >= 11 is 0. The number of nitrogens with two attached hydrogens (primary N) is 1. The van der Waals surface area contributed by atoms with Crippen LogP contribution in [-0.2, 0) is 10.0 Å². The van der Waals surface area contributed by atoms with Crippen molar-refractivity contribution in [2.45, 2.75) is 13.8 Å². The van der Waals surface area contributed by atoms with Gasteiger partial charge in [-0.15, -0.1) is 0 Å². The summed E-state index contributed by atoms with van der Waals surface area (Å²) in [5.74, 6) is -0.184. The van der Waals surface area contributed by atoms with E-state index in [2.05, 4.69) is 0 Å². The van der Waals surface area contributed by atoms with Gasteiger partial charge >= 0.3 is 0 Å². The van der Waals surface area contributed by atoms with Crippen molar-refractivity contribution in [3.05, 3.63) is 0 Å².